The van der Waals surface area contributed by atoms with Crippen molar-refractivity contribution in [2.45, 2.75) is 19.4 Å². The van der Waals surface area contributed by atoms with E-state index in [1.165, 1.54) is 12.8 Å². The summed E-state index contributed by atoms with van der Waals surface area (Å²) in [5, 5.41) is 11.1. The molecule has 0 radical (unpaired) electrons. The van der Waals surface area contributed by atoms with Crippen LogP contribution in [0.2, 0.25) is 0 Å². The zero-order valence-corrected chi connectivity index (χ0v) is 11.2. The van der Waals surface area contributed by atoms with Crippen molar-refractivity contribution in [3.05, 3.63) is 27.8 Å². The number of nitrogens with one attached hydrogen (secondary N) is 2. The molecule has 1 aromatic carbocycles. The minimum atomic E-state index is -0.385. The highest BCUT2D eigenvalue weighted by molar-refractivity contribution is 5.64. The minimum absolute atomic E-state index is 0.0377. The van der Waals surface area contributed by atoms with Gasteiger partial charge < -0.3 is 10.2 Å². The summed E-state index contributed by atoms with van der Waals surface area (Å²) in [6, 6.07) is 3.28. The lowest BCUT2D eigenvalue weighted by Crippen LogP contribution is -2.25. The first-order valence-electron chi connectivity index (χ1n) is 6.89. The van der Waals surface area contributed by atoms with Gasteiger partial charge in [-0.1, -0.05) is 0 Å². The van der Waals surface area contributed by atoms with Crippen molar-refractivity contribution >= 4 is 11.4 Å². The Morgan fingerprint density at radius 3 is 2.90 bits per heavy atom. The molecule has 2 N–H and O–H groups in total. The Morgan fingerprint density at radius 1 is 1.35 bits per heavy atom. The van der Waals surface area contributed by atoms with Gasteiger partial charge in [0.25, 0.3) is 0 Å². The summed E-state index contributed by atoms with van der Waals surface area (Å²) in [7, 11) is 0. The van der Waals surface area contributed by atoms with Gasteiger partial charge in [0.1, 0.15) is 6.61 Å². The number of hydrogen-bond donors (Lipinski definition) is 2. The molecule has 2 aliphatic heterocycles. The van der Waals surface area contributed by atoms with Crippen LogP contribution in [0.3, 0.4) is 0 Å². The maximum absolute atomic E-state index is 11.1. The van der Waals surface area contributed by atoms with Gasteiger partial charge in [-0.25, -0.2) is 5.43 Å². The second-order valence-electron chi connectivity index (χ2n) is 5.11. The number of ether oxygens (including phenoxy) is 1. The van der Waals surface area contributed by atoms with Crippen molar-refractivity contribution < 1.29 is 9.66 Å². The number of hydrogen-bond acceptors (Lipinski definition) is 6. The van der Waals surface area contributed by atoms with Gasteiger partial charge in [0.05, 0.1) is 10.6 Å². The maximum Gasteiger partial charge on any atom is 0.311 e. The van der Waals surface area contributed by atoms with Crippen molar-refractivity contribution in [1.29, 1.82) is 0 Å². The molecule has 7 nitrogen and oxygen atoms in total. The Labute approximate surface area is 117 Å². The van der Waals surface area contributed by atoms with Gasteiger partial charge in [-0.3, -0.25) is 15.0 Å². The van der Waals surface area contributed by atoms with Gasteiger partial charge in [-0.15, -0.1) is 0 Å². The third-order valence-corrected chi connectivity index (χ3v) is 3.75. The first-order chi connectivity index (χ1) is 9.74. The van der Waals surface area contributed by atoms with Crippen LogP contribution in [0.1, 0.15) is 18.4 Å². The minimum Gasteiger partial charge on any atom is -0.485 e. The van der Waals surface area contributed by atoms with Crippen LogP contribution >= 0.6 is 0 Å². The SMILES string of the molecule is O=[N+]([O-])c1cc2c(cc1OCCN1CCCC1)NNC2. The van der Waals surface area contributed by atoms with E-state index in [2.05, 4.69) is 15.8 Å². The van der Waals surface area contributed by atoms with Crippen LogP contribution in [0.4, 0.5) is 11.4 Å². The Bertz CT molecular complexity index is 515. The van der Waals surface area contributed by atoms with E-state index in [9.17, 15) is 10.1 Å². The number of benzene rings is 1. The third-order valence-electron chi connectivity index (χ3n) is 3.75. The van der Waals surface area contributed by atoms with Crippen LogP contribution < -0.4 is 15.6 Å². The number of nitro benzene ring substituents is 1. The molecule has 0 saturated carbocycles. The van der Waals surface area contributed by atoms with E-state index in [1.54, 1.807) is 12.1 Å². The third kappa shape index (κ3) is 2.68. The highest BCUT2D eigenvalue weighted by atomic mass is 16.6. The molecule has 3 rings (SSSR count). The molecule has 0 atom stereocenters. The number of likely N-dealkylation sites (tertiary alicyclic amines) is 1. The first kappa shape index (κ1) is 13.1. The van der Waals surface area contributed by atoms with E-state index in [4.69, 9.17) is 4.74 Å². The fourth-order valence-electron chi connectivity index (χ4n) is 2.66. The van der Waals surface area contributed by atoms with Crippen LogP contribution in [0, 0.1) is 10.1 Å². The summed E-state index contributed by atoms with van der Waals surface area (Å²) in [6.45, 7) is 4.08. The van der Waals surface area contributed by atoms with Gasteiger partial charge in [0, 0.05) is 25.2 Å². The Balaban J connectivity index is 1.69. The number of anilines is 1. The molecule has 0 spiro atoms. The standard InChI is InChI=1S/C13H18N4O3/c18-17(19)12-7-10-9-14-15-11(10)8-13(12)20-6-5-16-3-1-2-4-16/h7-8,14-15H,1-6,9H2. The smallest absolute Gasteiger partial charge is 0.311 e. The van der Waals surface area contributed by atoms with Crippen LogP contribution in [-0.4, -0.2) is 36.1 Å². The monoisotopic (exact) mass is 278 g/mol. The van der Waals surface area contributed by atoms with Crippen LogP contribution in [0.15, 0.2) is 12.1 Å². The molecule has 2 heterocycles. The number of hydrazine groups is 1. The summed E-state index contributed by atoms with van der Waals surface area (Å²) >= 11 is 0. The molecule has 2 aliphatic rings. The van der Waals surface area contributed by atoms with Crippen molar-refractivity contribution in [1.82, 2.24) is 10.3 Å². The van der Waals surface area contributed by atoms with Crippen LogP contribution in [0.25, 0.3) is 0 Å². The topological polar surface area (TPSA) is 79.7 Å². The maximum atomic E-state index is 11.1. The van der Waals surface area contributed by atoms with E-state index in [0.29, 0.717) is 18.9 Å². The van der Waals surface area contributed by atoms with E-state index in [-0.39, 0.29) is 10.6 Å². The second kappa shape index (κ2) is 5.64. The van der Waals surface area contributed by atoms with Crippen LogP contribution in [0.5, 0.6) is 5.75 Å². The lowest BCUT2D eigenvalue weighted by atomic mass is 10.1. The van der Waals surface area contributed by atoms with E-state index < -0.39 is 0 Å². The van der Waals surface area contributed by atoms with Crippen molar-refractivity contribution in [2.75, 3.05) is 31.7 Å². The lowest BCUT2D eigenvalue weighted by molar-refractivity contribution is -0.385. The number of nitro groups is 1. The predicted molar refractivity (Wildman–Crippen MR) is 74.7 cm³/mol. The van der Waals surface area contributed by atoms with Gasteiger partial charge in [0.15, 0.2) is 5.75 Å². The Morgan fingerprint density at radius 2 is 2.15 bits per heavy atom. The average Bonchev–Trinajstić information content (AvgIpc) is 3.07. The van der Waals surface area contributed by atoms with Crippen molar-refractivity contribution in [3.8, 4) is 5.75 Å². The first-order valence-corrected chi connectivity index (χ1v) is 6.89. The molecular weight excluding hydrogens is 260 g/mol. The zero-order chi connectivity index (χ0) is 13.9. The number of rotatable bonds is 5. The van der Waals surface area contributed by atoms with Gasteiger partial charge in [-0.05, 0) is 31.5 Å². The fraction of sp³-hybridized carbons (Fsp3) is 0.538. The average molecular weight is 278 g/mol. The fourth-order valence-corrected chi connectivity index (χ4v) is 2.66. The molecule has 0 unspecified atom stereocenters. The quantitative estimate of drug-likeness (QED) is 0.627. The number of nitrogens with zero attached hydrogens (tertiary/aromatic N) is 2. The van der Waals surface area contributed by atoms with Crippen LogP contribution in [-0.2, 0) is 6.54 Å². The van der Waals surface area contributed by atoms with E-state index in [1.807, 2.05) is 0 Å². The molecular formula is C13H18N4O3. The Hall–Kier alpha value is -1.86. The molecule has 0 amide bonds. The summed E-state index contributed by atoms with van der Waals surface area (Å²) in [6.07, 6.45) is 2.46. The normalized spacial score (nSPS) is 17.8. The van der Waals surface area contributed by atoms with Gasteiger partial charge in [0.2, 0.25) is 0 Å². The second-order valence-corrected chi connectivity index (χ2v) is 5.11. The van der Waals surface area contributed by atoms with Crippen molar-refractivity contribution in [3.63, 3.8) is 0 Å². The molecule has 1 aromatic rings. The molecule has 0 aliphatic carbocycles. The zero-order valence-electron chi connectivity index (χ0n) is 11.2. The van der Waals surface area contributed by atoms with Gasteiger partial charge in [-0.2, -0.15) is 0 Å². The summed E-state index contributed by atoms with van der Waals surface area (Å²) < 4.78 is 5.63. The predicted octanol–water partition coefficient (Wildman–Crippen LogP) is 1.50. The molecule has 0 bridgehead atoms. The summed E-state index contributed by atoms with van der Waals surface area (Å²) in [5.41, 5.74) is 7.70. The molecule has 108 valence electrons. The van der Waals surface area contributed by atoms with Gasteiger partial charge >= 0.3 is 5.69 Å². The molecule has 7 heteroatoms. The summed E-state index contributed by atoms with van der Waals surface area (Å²) in [5.74, 6) is 0.337. The summed E-state index contributed by atoms with van der Waals surface area (Å²) in [4.78, 5) is 13.0. The lowest BCUT2D eigenvalue weighted by Gasteiger charge is -2.15. The molecule has 1 saturated heterocycles. The molecule has 0 aromatic heterocycles. The van der Waals surface area contributed by atoms with E-state index >= 15 is 0 Å². The van der Waals surface area contributed by atoms with E-state index in [0.717, 1.165) is 30.9 Å². The molecule has 20 heavy (non-hydrogen) atoms. The Kier molecular flexibility index (Phi) is 3.70. The highest BCUT2D eigenvalue weighted by Gasteiger charge is 2.22. The highest BCUT2D eigenvalue weighted by Crippen LogP contribution is 2.34. The van der Waals surface area contributed by atoms with Crippen molar-refractivity contribution in [2.24, 2.45) is 0 Å². The number of fused-ring (bicyclic) bond motifs is 1. The largest absolute Gasteiger partial charge is 0.485 e. The molecule has 1 fully saturated rings.